The fourth-order valence-corrected chi connectivity index (χ4v) is 2.68. The fraction of sp³-hybridized carbons (Fsp3) is 0.333. The van der Waals surface area contributed by atoms with Gasteiger partial charge in [-0.2, -0.15) is 5.10 Å². The zero-order chi connectivity index (χ0) is 17.0. The van der Waals surface area contributed by atoms with Crippen LogP contribution in [0, 0.1) is 5.92 Å². The van der Waals surface area contributed by atoms with E-state index in [-0.39, 0.29) is 12.5 Å². The number of hydrogen-bond acceptors (Lipinski definition) is 5. The van der Waals surface area contributed by atoms with Crippen LogP contribution in [0.2, 0.25) is 0 Å². The Hall–Kier alpha value is -2.48. The molecule has 0 aliphatic carbocycles. The van der Waals surface area contributed by atoms with Gasteiger partial charge in [0, 0.05) is 6.07 Å². The largest absolute Gasteiger partial charge is 0.480 e. The van der Waals surface area contributed by atoms with Gasteiger partial charge in [0.05, 0.1) is 4.88 Å². The first kappa shape index (κ1) is 16.9. The van der Waals surface area contributed by atoms with E-state index in [2.05, 4.69) is 10.4 Å². The van der Waals surface area contributed by atoms with E-state index in [4.69, 9.17) is 5.11 Å². The van der Waals surface area contributed by atoms with Crippen molar-refractivity contribution in [2.75, 3.05) is 0 Å². The van der Waals surface area contributed by atoms with Crippen LogP contribution < -0.4 is 10.9 Å². The highest BCUT2D eigenvalue weighted by atomic mass is 32.1. The Bertz CT molecular complexity index is 752. The maximum atomic E-state index is 12.0. The van der Waals surface area contributed by atoms with Gasteiger partial charge in [-0.05, 0) is 23.4 Å². The van der Waals surface area contributed by atoms with Crippen molar-refractivity contribution in [3.05, 3.63) is 40.0 Å². The normalized spacial score (nSPS) is 12.1. The first-order chi connectivity index (χ1) is 10.9. The number of carboxylic acids is 1. The molecule has 2 heterocycles. The Labute approximate surface area is 136 Å². The molecule has 0 bridgehead atoms. The Kier molecular flexibility index (Phi) is 5.28. The maximum absolute atomic E-state index is 12.0. The molecule has 8 heteroatoms. The minimum Gasteiger partial charge on any atom is -0.480 e. The average Bonchev–Trinajstić information content (AvgIpc) is 3.00. The smallest absolute Gasteiger partial charge is 0.326 e. The van der Waals surface area contributed by atoms with E-state index in [0.29, 0.717) is 5.69 Å². The van der Waals surface area contributed by atoms with Gasteiger partial charge in [0.2, 0.25) is 5.91 Å². The first-order valence-electron chi connectivity index (χ1n) is 7.02. The summed E-state index contributed by atoms with van der Waals surface area (Å²) in [7, 11) is 0. The van der Waals surface area contributed by atoms with Gasteiger partial charge in [-0.15, -0.1) is 11.3 Å². The van der Waals surface area contributed by atoms with Crippen molar-refractivity contribution < 1.29 is 14.7 Å². The lowest BCUT2D eigenvalue weighted by molar-refractivity contribution is -0.143. The monoisotopic (exact) mass is 335 g/mol. The lowest BCUT2D eigenvalue weighted by Gasteiger charge is -2.18. The van der Waals surface area contributed by atoms with E-state index in [1.807, 2.05) is 17.5 Å². The molecule has 0 aromatic carbocycles. The second-order valence-electron chi connectivity index (χ2n) is 5.32. The summed E-state index contributed by atoms with van der Waals surface area (Å²) >= 11 is 1.47. The minimum atomic E-state index is -1.11. The second-order valence-corrected chi connectivity index (χ2v) is 6.27. The Morgan fingerprint density at radius 2 is 2.09 bits per heavy atom. The Balaban J connectivity index is 2.16. The van der Waals surface area contributed by atoms with Crippen LogP contribution >= 0.6 is 11.3 Å². The molecule has 1 amide bonds. The molecule has 2 rings (SSSR count). The third-order valence-electron chi connectivity index (χ3n) is 3.18. The lowest BCUT2D eigenvalue weighted by atomic mass is 10.1. The van der Waals surface area contributed by atoms with Crippen molar-refractivity contribution in [2.45, 2.75) is 26.4 Å². The Morgan fingerprint density at radius 3 is 2.65 bits per heavy atom. The van der Waals surface area contributed by atoms with Crippen molar-refractivity contribution in [3.63, 3.8) is 0 Å². The molecule has 1 atom stereocenters. The highest BCUT2D eigenvalue weighted by Crippen LogP contribution is 2.20. The van der Waals surface area contributed by atoms with E-state index < -0.39 is 23.5 Å². The van der Waals surface area contributed by atoms with Gasteiger partial charge >= 0.3 is 5.97 Å². The van der Waals surface area contributed by atoms with Gasteiger partial charge in [-0.1, -0.05) is 19.9 Å². The molecule has 0 radical (unpaired) electrons. The predicted octanol–water partition coefficient (Wildman–Crippen LogP) is 1.20. The number of nitrogens with zero attached hydrogens (tertiary/aromatic N) is 2. The van der Waals surface area contributed by atoms with Crippen LogP contribution in [0.1, 0.15) is 13.8 Å². The van der Waals surface area contributed by atoms with Gasteiger partial charge in [-0.3, -0.25) is 9.59 Å². The molecule has 0 aliphatic rings. The third-order valence-corrected chi connectivity index (χ3v) is 4.08. The van der Waals surface area contributed by atoms with E-state index in [9.17, 15) is 14.4 Å². The van der Waals surface area contributed by atoms with Crippen molar-refractivity contribution in [3.8, 4) is 10.6 Å². The highest BCUT2D eigenvalue weighted by Gasteiger charge is 2.23. The van der Waals surface area contributed by atoms with E-state index in [1.54, 1.807) is 19.9 Å². The van der Waals surface area contributed by atoms with Crippen LogP contribution in [0.4, 0.5) is 0 Å². The molecule has 122 valence electrons. The topological polar surface area (TPSA) is 101 Å². The summed E-state index contributed by atoms with van der Waals surface area (Å²) in [6, 6.07) is 5.66. The number of carbonyl (C=O) groups excluding carboxylic acids is 1. The van der Waals surface area contributed by atoms with Crippen molar-refractivity contribution in [2.24, 2.45) is 5.92 Å². The molecule has 0 saturated carbocycles. The number of carboxylic acid groups (broad SMARTS) is 1. The average molecular weight is 335 g/mol. The van der Waals surface area contributed by atoms with E-state index in [0.717, 1.165) is 9.56 Å². The van der Waals surface area contributed by atoms with E-state index in [1.165, 1.54) is 17.4 Å². The fourth-order valence-electron chi connectivity index (χ4n) is 1.99. The molecule has 2 N–H and O–H groups in total. The maximum Gasteiger partial charge on any atom is 0.326 e. The molecular weight excluding hydrogens is 318 g/mol. The number of nitrogens with one attached hydrogen (secondary N) is 1. The predicted molar refractivity (Wildman–Crippen MR) is 86.2 cm³/mol. The molecule has 0 fully saturated rings. The number of amides is 1. The standard InChI is InChI=1S/C15H17N3O4S/c1-9(2)14(15(21)22)16-12(19)8-18-13(20)6-5-10(17-18)11-4-3-7-23-11/h3-7,9,14H,8H2,1-2H3,(H,16,19)(H,21,22)/t14-/m1/s1. The SMILES string of the molecule is CC(C)[C@@H](NC(=O)Cn1nc(-c2cccs2)ccc1=O)C(=O)O. The summed E-state index contributed by atoms with van der Waals surface area (Å²) in [5, 5.41) is 17.5. The van der Waals surface area contributed by atoms with Crippen LogP contribution in [0.25, 0.3) is 10.6 Å². The second kappa shape index (κ2) is 7.19. The third kappa shape index (κ3) is 4.26. The summed E-state index contributed by atoms with van der Waals surface area (Å²) in [6.45, 7) is 3.07. The molecule has 2 aromatic rings. The lowest BCUT2D eigenvalue weighted by Crippen LogP contribution is -2.46. The first-order valence-corrected chi connectivity index (χ1v) is 7.90. The van der Waals surface area contributed by atoms with Gasteiger partial charge in [-0.25, -0.2) is 9.48 Å². The molecule has 0 aliphatic heterocycles. The van der Waals surface area contributed by atoms with Gasteiger partial charge < -0.3 is 10.4 Å². The number of thiophene rings is 1. The van der Waals surface area contributed by atoms with Crippen LogP contribution in [0.3, 0.4) is 0 Å². The van der Waals surface area contributed by atoms with Crippen molar-refractivity contribution in [1.82, 2.24) is 15.1 Å². The van der Waals surface area contributed by atoms with E-state index >= 15 is 0 Å². The zero-order valence-electron chi connectivity index (χ0n) is 12.7. The summed E-state index contributed by atoms with van der Waals surface area (Å²) in [5.74, 6) is -1.94. The number of carbonyl (C=O) groups is 2. The van der Waals surface area contributed by atoms with Gasteiger partial charge in [0.25, 0.3) is 5.56 Å². The number of rotatable bonds is 6. The number of aromatic nitrogens is 2. The highest BCUT2D eigenvalue weighted by molar-refractivity contribution is 7.13. The summed E-state index contributed by atoms with van der Waals surface area (Å²) in [5.41, 5.74) is 0.169. The Morgan fingerprint density at radius 1 is 1.35 bits per heavy atom. The summed E-state index contributed by atoms with van der Waals surface area (Å²) in [4.78, 5) is 35.8. The van der Waals surface area contributed by atoms with Crippen LogP contribution in [0.15, 0.2) is 34.4 Å². The van der Waals surface area contributed by atoms with Gasteiger partial charge in [0.15, 0.2) is 0 Å². The van der Waals surface area contributed by atoms with Crippen molar-refractivity contribution >= 4 is 23.2 Å². The molecule has 0 unspecified atom stereocenters. The minimum absolute atomic E-state index is 0.265. The summed E-state index contributed by atoms with van der Waals surface area (Å²) < 4.78 is 1.03. The molecule has 2 aromatic heterocycles. The quantitative estimate of drug-likeness (QED) is 0.826. The zero-order valence-corrected chi connectivity index (χ0v) is 13.5. The molecule has 0 saturated heterocycles. The number of aliphatic carboxylic acids is 1. The molecular formula is C15H17N3O4S. The molecule has 23 heavy (non-hydrogen) atoms. The van der Waals surface area contributed by atoms with Crippen LogP contribution in [0.5, 0.6) is 0 Å². The van der Waals surface area contributed by atoms with Gasteiger partial charge in [0.1, 0.15) is 18.3 Å². The van der Waals surface area contributed by atoms with Crippen LogP contribution in [-0.4, -0.2) is 32.8 Å². The van der Waals surface area contributed by atoms with Crippen molar-refractivity contribution in [1.29, 1.82) is 0 Å². The molecule has 0 spiro atoms. The van der Waals surface area contributed by atoms with Crippen LogP contribution in [-0.2, 0) is 16.1 Å². The molecule has 7 nitrogen and oxygen atoms in total. The summed E-state index contributed by atoms with van der Waals surface area (Å²) in [6.07, 6.45) is 0. The number of hydrogen-bond donors (Lipinski definition) is 2.